The highest BCUT2D eigenvalue weighted by atomic mass is 16.4. The van der Waals surface area contributed by atoms with E-state index < -0.39 is 11.9 Å². The minimum Gasteiger partial charge on any atom is -0.481 e. The SMILES string of the molecule is CC(C)C(C)(C)CNC(=O)[C@@H]1CCC[C@@H]1C(=O)O. The van der Waals surface area contributed by atoms with Crippen molar-refractivity contribution >= 4 is 11.9 Å². The zero-order valence-electron chi connectivity index (χ0n) is 11.8. The third-order valence-electron chi connectivity index (χ3n) is 4.45. The van der Waals surface area contributed by atoms with Gasteiger partial charge in [0.2, 0.25) is 5.91 Å². The minimum absolute atomic E-state index is 0.0347. The van der Waals surface area contributed by atoms with Crippen LogP contribution in [0.5, 0.6) is 0 Å². The average molecular weight is 255 g/mol. The van der Waals surface area contributed by atoms with Crippen molar-refractivity contribution in [3.63, 3.8) is 0 Å². The lowest BCUT2D eigenvalue weighted by atomic mass is 9.81. The fourth-order valence-corrected chi connectivity index (χ4v) is 2.22. The summed E-state index contributed by atoms with van der Waals surface area (Å²) in [5.74, 6) is -1.29. The topological polar surface area (TPSA) is 66.4 Å². The van der Waals surface area contributed by atoms with Crippen LogP contribution in [-0.2, 0) is 9.59 Å². The van der Waals surface area contributed by atoms with E-state index in [1.54, 1.807) is 0 Å². The molecule has 1 fully saturated rings. The molecule has 2 atom stereocenters. The predicted octanol–water partition coefficient (Wildman–Crippen LogP) is 2.29. The number of aliphatic carboxylic acids is 1. The molecule has 0 aromatic heterocycles. The third kappa shape index (κ3) is 3.47. The number of carboxylic acid groups (broad SMARTS) is 1. The largest absolute Gasteiger partial charge is 0.481 e. The summed E-state index contributed by atoms with van der Waals surface area (Å²) in [4.78, 5) is 23.1. The summed E-state index contributed by atoms with van der Waals surface area (Å²) in [6.45, 7) is 9.08. The highest BCUT2D eigenvalue weighted by Gasteiger charge is 2.38. The molecule has 1 rings (SSSR count). The van der Waals surface area contributed by atoms with Gasteiger partial charge in [0.1, 0.15) is 0 Å². The number of amides is 1. The maximum atomic E-state index is 12.1. The lowest BCUT2D eigenvalue weighted by molar-refractivity contribution is -0.146. The van der Waals surface area contributed by atoms with Gasteiger partial charge in [-0.15, -0.1) is 0 Å². The molecule has 4 heteroatoms. The van der Waals surface area contributed by atoms with Crippen LogP contribution in [0.4, 0.5) is 0 Å². The zero-order valence-corrected chi connectivity index (χ0v) is 11.8. The first-order chi connectivity index (χ1) is 8.25. The summed E-state index contributed by atoms with van der Waals surface area (Å²) in [5.41, 5.74) is 0.0347. The molecule has 0 spiro atoms. The fraction of sp³-hybridized carbons (Fsp3) is 0.857. The minimum atomic E-state index is -0.837. The van der Waals surface area contributed by atoms with Gasteiger partial charge in [0.25, 0.3) is 0 Å². The molecule has 0 bridgehead atoms. The Morgan fingerprint density at radius 2 is 1.83 bits per heavy atom. The van der Waals surface area contributed by atoms with Gasteiger partial charge in [-0.3, -0.25) is 9.59 Å². The predicted molar refractivity (Wildman–Crippen MR) is 70.1 cm³/mol. The molecule has 0 aliphatic heterocycles. The number of nitrogens with one attached hydrogen (secondary N) is 1. The van der Waals surface area contributed by atoms with Crippen molar-refractivity contribution in [2.24, 2.45) is 23.2 Å². The van der Waals surface area contributed by atoms with Gasteiger partial charge in [-0.2, -0.15) is 0 Å². The number of carbonyl (C=O) groups is 2. The molecule has 104 valence electrons. The molecular weight excluding hydrogens is 230 g/mol. The summed E-state index contributed by atoms with van der Waals surface area (Å²) >= 11 is 0. The van der Waals surface area contributed by atoms with Crippen molar-refractivity contribution in [1.29, 1.82) is 0 Å². The Balaban J connectivity index is 2.53. The van der Waals surface area contributed by atoms with Crippen molar-refractivity contribution in [3.05, 3.63) is 0 Å². The molecular formula is C14H25NO3. The summed E-state index contributed by atoms with van der Waals surface area (Å²) in [7, 11) is 0. The van der Waals surface area contributed by atoms with Crippen LogP contribution >= 0.6 is 0 Å². The second kappa shape index (κ2) is 5.72. The Morgan fingerprint density at radius 1 is 1.28 bits per heavy atom. The molecule has 0 aromatic rings. The molecule has 4 nitrogen and oxygen atoms in total. The first-order valence-electron chi connectivity index (χ1n) is 6.76. The maximum absolute atomic E-state index is 12.1. The van der Waals surface area contributed by atoms with Gasteiger partial charge in [0, 0.05) is 6.54 Å². The lowest BCUT2D eigenvalue weighted by Crippen LogP contribution is -2.41. The summed E-state index contributed by atoms with van der Waals surface area (Å²) < 4.78 is 0. The van der Waals surface area contributed by atoms with Crippen molar-refractivity contribution in [3.8, 4) is 0 Å². The third-order valence-corrected chi connectivity index (χ3v) is 4.45. The molecule has 0 aromatic carbocycles. The van der Waals surface area contributed by atoms with Crippen LogP contribution in [0.3, 0.4) is 0 Å². The Hall–Kier alpha value is -1.06. The zero-order chi connectivity index (χ0) is 13.9. The molecule has 0 unspecified atom stereocenters. The Kier molecular flexibility index (Phi) is 4.77. The van der Waals surface area contributed by atoms with Gasteiger partial charge in [-0.25, -0.2) is 0 Å². The van der Waals surface area contributed by atoms with Crippen LogP contribution in [0.1, 0.15) is 47.0 Å². The van der Waals surface area contributed by atoms with Gasteiger partial charge in [-0.05, 0) is 24.2 Å². The molecule has 1 saturated carbocycles. The van der Waals surface area contributed by atoms with Crippen LogP contribution in [-0.4, -0.2) is 23.5 Å². The molecule has 1 aliphatic rings. The van der Waals surface area contributed by atoms with Crippen molar-refractivity contribution in [2.75, 3.05) is 6.54 Å². The van der Waals surface area contributed by atoms with Crippen LogP contribution in [0.25, 0.3) is 0 Å². The molecule has 0 heterocycles. The normalized spacial score (nSPS) is 24.3. The standard InChI is InChI=1S/C14H25NO3/c1-9(2)14(3,4)8-15-12(16)10-6-5-7-11(10)13(17)18/h9-11H,5-8H2,1-4H3,(H,15,16)(H,17,18)/t10-,11+/m1/s1. The Morgan fingerprint density at radius 3 is 2.33 bits per heavy atom. The van der Waals surface area contributed by atoms with Gasteiger partial charge < -0.3 is 10.4 Å². The van der Waals surface area contributed by atoms with Crippen LogP contribution < -0.4 is 5.32 Å². The average Bonchev–Trinajstić information content (AvgIpc) is 2.74. The van der Waals surface area contributed by atoms with Gasteiger partial charge in [0.05, 0.1) is 11.8 Å². The monoisotopic (exact) mass is 255 g/mol. The van der Waals surface area contributed by atoms with Crippen LogP contribution in [0.15, 0.2) is 0 Å². The van der Waals surface area contributed by atoms with Gasteiger partial charge in [-0.1, -0.05) is 34.1 Å². The quantitative estimate of drug-likeness (QED) is 0.792. The smallest absolute Gasteiger partial charge is 0.307 e. The van der Waals surface area contributed by atoms with E-state index in [4.69, 9.17) is 5.11 Å². The second-order valence-corrected chi connectivity index (χ2v) is 6.34. The summed E-state index contributed by atoms with van der Waals surface area (Å²) in [5, 5.41) is 12.0. The molecule has 0 saturated heterocycles. The van der Waals surface area contributed by atoms with Crippen molar-refractivity contribution in [1.82, 2.24) is 5.32 Å². The lowest BCUT2D eigenvalue weighted by Gasteiger charge is -2.30. The first kappa shape index (κ1) is 15.0. The van der Waals surface area contributed by atoms with E-state index >= 15 is 0 Å². The highest BCUT2D eigenvalue weighted by molar-refractivity contribution is 5.85. The summed E-state index contributed by atoms with van der Waals surface area (Å²) in [6.07, 6.45) is 2.16. The molecule has 18 heavy (non-hydrogen) atoms. The molecule has 0 radical (unpaired) electrons. The van der Waals surface area contributed by atoms with Crippen molar-refractivity contribution in [2.45, 2.75) is 47.0 Å². The van der Waals surface area contributed by atoms with E-state index in [0.717, 1.165) is 6.42 Å². The van der Waals surface area contributed by atoms with E-state index in [-0.39, 0.29) is 17.2 Å². The van der Waals surface area contributed by atoms with E-state index in [0.29, 0.717) is 25.3 Å². The molecule has 1 amide bonds. The van der Waals surface area contributed by atoms with Crippen LogP contribution in [0.2, 0.25) is 0 Å². The number of carboxylic acids is 1. The van der Waals surface area contributed by atoms with E-state index in [2.05, 4.69) is 33.0 Å². The number of hydrogen-bond donors (Lipinski definition) is 2. The van der Waals surface area contributed by atoms with Crippen molar-refractivity contribution < 1.29 is 14.7 Å². The number of carbonyl (C=O) groups excluding carboxylic acids is 1. The number of rotatable bonds is 5. The fourth-order valence-electron chi connectivity index (χ4n) is 2.22. The van der Waals surface area contributed by atoms with E-state index in [1.807, 2.05) is 0 Å². The Bertz CT molecular complexity index is 323. The second-order valence-electron chi connectivity index (χ2n) is 6.34. The van der Waals surface area contributed by atoms with E-state index in [1.165, 1.54) is 0 Å². The highest BCUT2D eigenvalue weighted by Crippen LogP contribution is 2.32. The first-order valence-corrected chi connectivity index (χ1v) is 6.76. The van der Waals surface area contributed by atoms with E-state index in [9.17, 15) is 9.59 Å². The van der Waals surface area contributed by atoms with Gasteiger partial charge >= 0.3 is 5.97 Å². The van der Waals surface area contributed by atoms with Crippen LogP contribution in [0, 0.1) is 23.2 Å². The summed E-state index contributed by atoms with van der Waals surface area (Å²) in [6, 6.07) is 0. The van der Waals surface area contributed by atoms with Gasteiger partial charge in [0.15, 0.2) is 0 Å². The number of hydrogen-bond acceptors (Lipinski definition) is 2. The molecule has 2 N–H and O–H groups in total. The maximum Gasteiger partial charge on any atom is 0.307 e. The molecule has 1 aliphatic carbocycles. The Labute approximate surface area is 109 Å².